The van der Waals surface area contributed by atoms with Crippen molar-refractivity contribution in [2.24, 2.45) is 5.92 Å². The lowest BCUT2D eigenvalue weighted by Crippen LogP contribution is -2.34. The van der Waals surface area contributed by atoms with Crippen molar-refractivity contribution in [2.75, 3.05) is 25.5 Å². The number of carbonyl (C=O) groups excluding carboxylic acids is 1. The molecule has 0 aliphatic heterocycles. The Morgan fingerprint density at radius 2 is 2.04 bits per heavy atom. The molecule has 1 unspecified atom stereocenters. The number of nitrogens with zero attached hydrogens (tertiary/aromatic N) is 3. The second-order valence-corrected chi connectivity index (χ2v) is 5.39. The zero-order chi connectivity index (χ0) is 16.7. The first kappa shape index (κ1) is 16.7. The molecule has 0 aliphatic rings. The van der Waals surface area contributed by atoms with E-state index < -0.39 is 0 Å². The van der Waals surface area contributed by atoms with Gasteiger partial charge < -0.3 is 15.0 Å². The van der Waals surface area contributed by atoms with Crippen molar-refractivity contribution in [2.45, 2.75) is 13.5 Å². The average Bonchev–Trinajstić information content (AvgIpc) is 2.60. The Morgan fingerprint density at radius 1 is 1.30 bits per heavy atom. The number of rotatable bonds is 7. The van der Waals surface area contributed by atoms with Crippen LogP contribution in [-0.2, 0) is 11.4 Å². The van der Waals surface area contributed by atoms with Gasteiger partial charge in [-0.1, -0.05) is 37.3 Å². The summed E-state index contributed by atoms with van der Waals surface area (Å²) in [6.45, 7) is 2.87. The summed E-state index contributed by atoms with van der Waals surface area (Å²) in [5.41, 5.74) is 1.07. The van der Waals surface area contributed by atoms with E-state index in [4.69, 9.17) is 4.74 Å². The molecule has 0 spiro atoms. The summed E-state index contributed by atoms with van der Waals surface area (Å²) in [6, 6.07) is 9.89. The third kappa shape index (κ3) is 4.95. The molecule has 0 bridgehead atoms. The highest BCUT2D eigenvalue weighted by molar-refractivity contribution is 5.78. The van der Waals surface area contributed by atoms with Crippen LogP contribution in [0.1, 0.15) is 12.5 Å². The second kappa shape index (κ2) is 8.12. The number of benzene rings is 1. The van der Waals surface area contributed by atoms with Crippen molar-refractivity contribution in [3.05, 3.63) is 48.3 Å². The average molecular weight is 314 g/mol. The zero-order valence-electron chi connectivity index (χ0n) is 13.7. The highest BCUT2D eigenvalue weighted by Crippen LogP contribution is 2.15. The molecule has 2 aromatic rings. The van der Waals surface area contributed by atoms with Crippen LogP contribution in [0.25, 0.3) is 0 Å². The van der Waals surface area contributed by atoms with Crippen molar-refractivity contribution < 1.29 is 9.53 Å². The molecule has 6 heteroatoms. The van der Waals surface area contributed by atoms with Crippen LogP contribution in [0, 0.1) is 5.92 Å². The van der Waals surface area contributed by atoms with Gasteiger partial charge in [-0.05, 0) is 5.56 Å². The minimum atomic E-state index is -0.138. The molecular weight excluding hydrogens is 292 g/mol. The van der Waals surface area contributed by atoms with Crippen molar-refractivity contribution in [1.29, 1.82) is 0 Å². The van der Waals surface area contributed by atoms with E-state index in [-0.39, 0.29) is 11.8 Å². The molecule has 1 aromatic heterocycles. The zero-order valence-corrected chi connectivity index (χ0v) is 13.7. The summed E-state index contributed by atoms with van der Waals surface area (Å²) in [7, 11) is 3.51. The van der Waals surface area contributed by atoms with Crippen molar-refractivity contribution in [1.82, 2.24) is 15.3 Å². The maximum atomic E-state index is 11.6. The molecule has 1 N–H and O–H groups in total. The van der Waals surface area contributed by atoms with Gasteiger partial charge in [0.2, 0.25) is 11.8 Å². The molecule has 0 radical (unpaired) electrons. The van der Waals surface area contributed by atoms with E-state index in [0.717, 1.165) is 5.56 Å². The molecule has 0 saturated heterocycles. The topological polar surface area (TPSA) is 67.4 Å². The Kier molecular flexibility index (Phi) is 5.91. The van der Waals surface area contributed by atoms with Crippen LogP contribution >= 0.6 is 0 Å². The van der Waals surface area contributed by atoms with Gasteiger partial charge in [0.25, 0.3) is 0 Å². The van der Waals surface area contributed by atoms with Gasteiger partial charge in [-0.15, -0.1) is 0 Å². The molecule has 0 saturated carbocycles. The minimum Gasteiger partial charge on any atom is -0.472 e. The summed E-state index contributed by atoms with van der Waals surface area (Å²) >= 11 is 0. The molecule has 1 aromatic carbocycles. The van der Waals surface area contributed by atoms with Gasteiger partial charge in [0, 0.05) is 20.6 Å². The Balaban J connectivity index is 1.97. The van der Waals surface area contributed by atoms with Crippen LogP contribution in [0.2, 0.25) is 0 Å². The van der Waals surface area contributed by atoms with Gasteiger partial charge in [-0.2, -0.15) is 4.98 Å². The molecule has 2 rings (SSSR count). The lowest BCUT2D eigenvalue weighted by Gasteiger charge is -2.21. The first-order chi connectivity index (χ1) is 11.1. The SMILES string of the molecule is CNC(=O)C(C)CN(C)c1cncc(OCc2ccccc2)n1. The molecule has 0 fully saturated rings. The number of hydrogen-bond acceptors (Lipinski definition) is 5. The highest BCUT2D eigenvalue weighted by Gasteiger charge is 2.15. The third-order valence-corrected chi connectivity index (χ3v) is 3.46. The number of nitrogens with one attached hydrogen (secondary N) is 1. The molecule has 1 atom stereocenters. The first-order valence-corrected chi connectivity index (χ1v) is 7.51. The minimum absolute atomic E-state index is 0.00120. The monoisotopic (exact) mass is 314 g/mol. The number of ether oxygens (including phenoxy) is 1. The molecule has 1 amide bonds. The second-order valence-electron chi connectivity index (χ2n) is 5.39. The van der Waals surface area contributed by atoms with Gasteiger partial charge in [-0.3, -0.25) is 9.78 Å². The standard InChI is InChI=1S/C17H22N4O2/c1-13(17(22)18-2)11-21(3)15-9-19-10-16(20-15)23-12-14-7-5-4-6-8-14/h4-10,13H,11-12H2,1-3H3,(H,18,22). The molecule has 6 nitrogen and oxygen atoms in total. The van der Waals surface area contributed by atoms with Gasteiger partial charge in [-0.25, -0.2) is 0 Å². The van der Waals surface area contributed by atoms with Crippen LogP contribution < -0.4 is 15.0 Å². The van der Waals surface area contributed by atoms with Gasteiger partial charge in [0.05, 0.1) is 18.3 Å². The lowest BCUT2D eigenvalue weighted by atomic mass is 10.1. The summed E-state index contributed by atoms with van der Waals surface area (Å²) in [4.78, 5) is 22.1. The van der Waals surface area contributed by atoms with E-state index in [1.165, 1.54) is 0 Å². The van der Waals surface area contributed by atoms with Crippen LogP contribution in [0.5, 0.6) is 5.88 Å². The molecular formula is C17H22N4O2. The Morgan fingerprint density at radius 3 is 2.74 bits per heavy atom. The molecule has 23 heavy (non-hydrogen) atoms. The summed E-state index contributed by atoms with van der Waals surface area (Å²) < 4.78 is 5.68. The maximum Gasteiger partial charge on any atom is 0.234 e. The quantitative estimate of drug-likeness (QED) is 0.845. The number of amides is 1. The first-order valence-electron chi connectivity index (χ1n) is 7.51. The van der Waals surface area contributed by atoms with Crippen LogP contribution in [0.3, 0.4) is 0 Å². The van der Waals surface area contributed by atoms with Crippen LogP contribution in [0.15, 0.2) is 42.7 Å². The van der Waals surface area contributed by atoms with E-state index >= 15 is 0 Å². The summed E-state index contributed by atoms with van der Waals surface area (Å²) in [6.07, 6.45) is 3.24. The lowest BCUT2D eigenvalue weighted by molar-refractivity contribution is -0.123. The Hall–Kier alpha value is -2.63. The number of hydrogen-bond donors (Lipinski definition) is 1. The van der Waals surface area contributed by atoms with E-state index in [9.17, 15) is 4.79 Å². The largest absolute Gasteiger partial charge is 0.472 e. The van der Waals surface area contributed by atoms with E-state index in [2.05, 4.69) is 15.3 Å². The van der Waals surface area contributed by atoms with E-state index in [1.807, 2.05) is 49.2 Å². The fraction of sp³-hybridized carbons (Fsp3) is 0.353. The Labute approximate surface area is 136 Å². The van der Waals surface area contributed by atoms with Crippen molar-refractivity contribution in [3.8, 4) is 5.88 Å². The van der Waals surface area contributed by atoms with Crippen molar-refractivity contribution in [3.63, 3.8) is 0 Å². The number of aromatic nitrogens is 2. The fourth-order valence-corrected chi connectivity index (χ4v) is 2.16. The third-order valence-electron chi connectivity index (χ3n) is 3.46. The van der Waals surface area contributed by atoms with Crippen LogP contribution in [0.4, 0.5) is 5.82 Å². The number of anilines is 1. The number of carbonyl (C=O) groups is 1. The smallest absolute Gasteiger partial charge is 0.234 e. The van der Waals surface area contributed by atoms with Crippen LogP contribution in [-0.4, -0.2) is 36.5 Å². The van der Waals surface area contributed by atoms with E-state index in [1.54, 1.807) is 19.4 Å². The normalized spacial score (nSPS) is 11.6. The molecule has 122 valence electrons. The maximum absolute atomic E-state index is 11.6. The van der Waals surface area contributed by atoms with Gasteiger partial charge in [0.1, 0.15) is 6.61 Å². The highest BCUT2D eigenvalue weighted by atomic mass is 16.5. The van der Waals surface area contributed by atoms with Gasteiger partial charge in [0.15, 0.2) is 5.82 Å². The van der Waals surface area contributed by atoms with E-state index in [0.29, 0.717) is 24.8 Å². The predicted octanol–water partition coefficient (Wildman–Crippen LogP) is 1.87. The Bertz CT molecular complexity index is 634. The summed E-state index contributed by atoms with van der Waals surface area (Å²) in [5.74, 6) is 0.999. The van der Waals surface area contributed by atoms with Crippen molar-refractivity contribution >= 4 is 11.7 Å². The molecule has 0 aliphatic carbocycles. The molecule has 1 heterocycles. The summed E-state index contributed by atoms with van der Waals surface area (Å²) in [5, 5.41) is 2.65. The fourth-order valence-electron chi connectivity index (χ4n) is 2.16. The van der Waals surface area contributed by atoms with Gasteiger partial charge >= 0.3 is 0 Å². The predicted molar refractivity (Wildman–Crippen MR) is 89.3 cm³/mol.